The summed E-state index contributed by atoms with van der Waals surface area (Å²) in [6, 6.07) is 0. The second kappa shape index (κ2) is 7.18. The van der Waals surface area contributed by atoms with Crippen LogP contribution < -0.4 is 0 Å². The lowest BCUT2D eigenvalue weighted by Gasteiger charge is -1.98. The predicted molar refractivity (Wildman–Crippen MR) is 56.0 cm³/mol. The Morgan fingerprint density at radius 1 is 1.43 bits per heavy atom. The number of hydrogen-bond acceptors (Lipinski definition) is 3. The summed E-state index contributed by atoms with van der Waals surface area (Å²) in [5.74, 6) is -0.414. The van der Waals surface area contributed by atoms with E-state index in [0.717, 1.165) is 12.5 Å². The number of aliphatic hydroxyl groups is 1. The van der Waals surface area contributed by atoms with E-state index in [4.69, 9.17) is 0 Å². The molecule has 0 aromatic carbocycles. The Bertz CT molecular complexity index is 235. The third kappa shape index (κ3) is 7.40. The first kappa shape index (κ1) is 12.8. The van der Waals surface area contributed by atoms with Gasteiger partial charge in [0.05, 0.1) is 18.4 Å². The molecule has 0 bridgehead atoms. The van der Waals surface area contributed by atoms with Crippen LogP contribution in [0.1, 0.15) is 33.6 Å². The van der Waals surface area contributed by atoms with Gasteiger partial charge >= 0.3 is 5.97 Å². The van der Waals surface area contributed by atoms with Crippen molar-refractivity contribution in [3.63, 3.8) is 0 Å². The molecule has 0 aromatic heterocycles. The Morgan fingerprint density at radius 2 is 2.07 bits per heavy atom. The Balaban J connectivity index is 3.89. The van der Waals surface area contributed by atoms with Crippen molar-refractivity contribution in [3.05, 3.63) is 23.5 Å². The van der Waals surface area contributed by atoms with Crippen molar-refractivity contribution < 1.29 is 14.6 Å². The highest BCUT2D eigenvalue weighted by molar-refractivity contribution is 5.82. The number of hydrogen-bond donors (Lipinski definition) is 1. The number of carbonyl (C=O) groups is 1. The van der Waals surface area contributed by atoms with Crippen LogP contribution in [0.3, 0.4) is 0 Å². The van der Waals surface area contributed by atoms with Gasteiger partial charge < -0.3 is 9.84 Å². The molecule has 0 radical (unpaired) electrons. The zero-order valence-corrected chi connectivity index (χ0v) is 9.04. The highest BCUT2D eigenvalue weighted by Gasteiger charge is 1.99. The number of esters is 1. The lowest BCUT2D eigenvalue weighted by Crippen LogP contribution is -2.01. The molecule has 3 heteroatoms. The quantitative estimate of drug-likeness (QED) is 0.320. The van der Waals surface area contributed by atoms with Gasteiger partial charge in [0.25, 0.3) is 0 Å². The zero-order valence-electron chi connectivity index (χ0n) is 9.04. The summed E-state index contributed by atoms with van der Waals surface area (Å²) >= 11 is 0. The molecular weight excluding hydrogens is 180 g/mol. The van der Waals surface area contributed by atoms with E-state index in [1.165, 1.54) is 5.57 Å². The molecule has 14 heavy (non-hydrogen) atoms. The van der Waals surface area contributed by atoms with Crippen LogP contribution >= 0.6 is 0 Å². The fraction of sp³-hybridized carbons (Fsp3) is 0.545. The molecule has 0 fully saturated rings. The Kier molecular flexibility index (Phi) is 6.54. The first-order chi connectivity index (χ1) is 6.56. The second-order valence-corrected chi connectivity index (χ2v) is 3.21. The molecule has 0 saturated carbocycles. The van der Waals surface area contributed by atoms with Crippen LogP contribution in [0.25, 0.3) is 0 Å². The minimum atomic E-state index is -0.484. The molecule has 0 aliphatic carbocycles. The van der Waals surface area contributed by atoms with E-state index in [9.17, 15) is 9.90 Å². The van der Waals surface area contributed by atoms with Crippen LogP contribution in [-0.2, 0) is 9.53 Å². The van der Waals surface area contributed by atoms with Crippen molar-refractivity contribution >= 4 is 5.97 Å². The zero-order chi connectivity index (χ0) is 11.0. The summed E-state index contributed by atoms with van der Waals surface area (Å²) in [5.41, 5.74) is 1.20. The van der Waals surface area contributed by atoms with Gasteiger partial charge in [-0.05, 0) is 27.2 Å². The van der Waals surface area contributed by atoms with Crippen LogP contribution in [0.5, 0.6) is 0 Å². The number of carbonyl (C=O) groups excluding carboxylic acids is 1. The third-order valence-corrected chi connectivity index (χ3v) is 1.52. The second-order valence-electron chi connectivity index (χ2n) is 3.21. The number of rotatable bonds is 5. The normalized spacial score (nSPS) is 10.9. The van der Waals surface area contributed by atoms with Crippen molar-refractivity contribution in [1.29, 1.82) is 0 Å². The molecule has 0 aliphatic rings. The average Bonchev–Trinajstić information content (AvgIpc) is 2.03. The smallest absolute Gasteiger partial charge is 0.334 e. The van der Waals surface area contributed by atoms with Crippen molar-refractivity contribution in [2.75, 3.05) is 6.61 Å². The Labute approximate surface area is 85.1 Å². The Hall–Kier alpha value is -1.25. The highest BCUT2D eigenvalue weighted by atomic mass is 16.5. The first-order valence-electron chi connectivity index (χ1n) is 4.76. The molecule has 3 nitrogen and oxygen atoms in total. The van der Waals surface area contributed by atoms with Crippen molar-refractivity contribution in [2.45, 2.75) is 33.6 Å². The molecule has 80 valence electrons. The summed E-state index contributed by atoms with van der Waals surface area (Å²) in [4.78, 5) is 10.9. The molecule has 0 amide bonds. The van der Waals surface area contributed by atoms with Crippen molar-refractivity contribution in [3.8, 4) is 0 Å². The molecule has 0 atom stereocenters. The van der Waals surface area contributed by atoms with Gasteiger partial charge in [-0.15, -0.1) is 0 Å². The van der Waals surface area contributed by atoms with Gasteiger partial charge in [0, 0.05) is 6.42 Å². The van der Waals surface area contributed by atoms with E-state index in [2.05, 4.69) is 4.74 Å². The van der Waals surface area contributed by atoms with Gasteiger partial charge in [0.1, 0.15) is 0 Å². The maximum atomic E-state index is 10.9. The minimum Gasteiger partial charge on any atom is -0.512 e. The fourth-order valence-electron chi connectivity index (χ4n) is 0.901. The van der Waals surface area contributed by atoms with Crippen LogP contribution in [0.4, 0.5) is 0 Å². The maximum absolute atomic E-state index is 10.9. The first-order valence-corrected chi connectivity index (χ1v) is 4.76. The van der Waals surface area contributed by atoms with Crippen molar-refractivity contribution in [1.82, 2.24) is 0 Å². The lowest BCUT2D eigenvalue weighted by molar-refractivity contribution is -0.137. The fourth-order valence-corrected chi connectivity index (χ4v) is 0.901. The molecule has 0 heterocycles. The lowest BCUT2D eigenvalue weighted by atomic mass is 10.2. The number of aliphatic hydroxyl groups excluding tert-OH is 1. The number of ether oxygens (including phenoxy) is 1. The van der Waals surface area contributed by atoms with E-state index in [-0.39, 0.29) is 5.76 Å². The molecular formula is C11H18O3. The monoisotopic (exact) mass is 198 g/mol. The van der Waals surface area contributed by atoms with Gasteiger partial charge in [-0.25, -0.2) is 4.79 Å². The van der Waals surface area contributed by atoms with E-state index in [0.29, 0.717) is 13.0 Å². The minimum absolute atomic E-state index is 0.0703. The Morgan fingerprint density at radius 3 is 2.57 bits per heavy atom. The molecule has 0 aromatic rings. The van der Waals surface area contributed by atoms with Gasteiger partial charge in [-0.3, -0.25) is 0 Å². The largest absolute Gasteiger partial charge is 0.512 e. The van der Waals surface area contributed by atoms with E-state index in [1.54, 1.807) is 6.92 Å². The van der Waals surface area contributed by atoms with E-state index < -0.39 is 5.97 Å². The average molecular weight is 198 g/mol. The summed E-state index contributed by atoms with van der Waals surface area (Å²) in [7, 11) is 0. The van der Waals surface area contributed by atoms with Gasteiger partial charge in [0.2, 0.25) is 0 Å². The van der Waals surface area contributed by atoms with Gasteiger partial charge in [-0.1, -0.05) is 11.6 Å². The van der Waals surface area contributed by atoms with Crippen LogP contribution in [0.2, 0.25) is 0 Å². The van der Waals surface area contributed by atoms with Crippen molar-refractivity contribution in [2.24, 2.45) is 0 Å². The summed E-state index contributed by atoms with van der Waals surface area (Å²) in [5, 5.41) is 9.29. The van der Waals surface area contributed by atoms with E-state index >= 15 is 0 Å². The summed E-state index contributed by atoms with van der Waals surface area (Å²) in [6.07, 6.45) is 4.35. The molecule has 0 unspecified atom stereocenters. The standard InChI is InChI=1S/C11H18O3/c1-4-14-11(13)8-10(12)7-5-6-9(2)3/h6,8,12H,4-5,7H2,1-3H3/b10-8-. The van der Waals surface area contributed by atoms with Crippen LogP contribution in [0, 0.1) is 0 Å². The predicted octanol–water partition coefficient (Wildman–Crippen LogP) is 2.74. The van der Waals surface area contributed by atoms with Gasteiger partial charge in [0.15, 0.2) is 0 Å². The molecule has 0 saturated heterocycles. The van der Waals surface area contributed by atoms with Crippen LogP contribution in [-0.4, -0.2) is 17.7 Å². The molecule has 0 rings (SSSR count). The topological polar surface area (TPSA) is 46.5 Å². The molecule has 0 spiro atoms. The maximum Gasteiger partial charge on any atom is 0.334 e. The van der Waals surface area contributed by atoms with E-state index in [1.807, 2.05) is 19.9 Å². The number of allylic oxidation sites excluding steroid dienone is 3. The van der Waals surface area contributed by atoms with Crippen LogP contribution in [0.15, 0.2) is 23.5 Å². The summed E-state index contributed by atoms with van der Waals surface area (Å²) in [6.45, 7) is 6.04. The third-order valence-electron chi connectivity index (χ3n) is 1.52. The van der Waals surface area contributed by atoms with Gasteiger partial charge in [-0.2, -0.15) is 0 Å². The molecule has 0 aliphatic heterocycles. The molecule has 1 N–H and O–H groups in total. The summed E-state index contributed by atoms with van der Waals surface area (Å²) < 4.78 is 4.65. The highest BCUT2D eigenvalue weighted by Crippen LogP contribution is 2.04. The SMILES string of the molecule is CCOC(=O)/C=C(\O)CCC=C(C)C.